The topological polar surface area (TPSA) is 89.2 Å². The number of aliphatic hydroxyl groups is 1. The highest BCUT2D eigenvalue weighted by atomic mass is 16.3. The van der Waals surface area contributed by atoms with Crippen molar-refractivity contribution in [3.8, 4) is 0 Å². The molecule has 0 saturated heterocycles. The van der Waals surface area contributed by atoms with Gasteiger partial charge in [-0.3, -0.25) is 4.79 Å². The van der Waals surface area contributed by atoms with Gasteiger partial charge in [0.25, 0.3) is 5.91 Å². The molecule has 2 aromatic rings. The van der Waals surface area contributed by atoms with Crippen molar-refractivity contribution in [2.45, 2.75) is 12.5 Å². The summed E-state index contributed by atoms with van der Waals surface area (Å²) in [7, 11) is 0. The number of hydrogen-bond donors (Lipinski definition) is 5. The number of H-pyrrole nitrogens is 1. The van der Waals surface area contributed by atoms with Gasteiger partial charge in [-0.05, 0) is 18.1 Å². The van der Waals surface area contributed by atoms with E-state index in [0.717, 1.165) is 29.6 Å². The van der Waals surface area contributed by atoms with Gasteiger partial charge < -0.3 is 26.0 Å². The number of carbonyl (C=O) groups is 1. The molecule has 5 N–H and O–H groups in total. The van der Waals surface area contributed by atoms with Crippen molar-refractivity contribution in [2.24, 2.45) is 0 Å². The molecule has 2 aliphatic heterocycles. The third-order valence-electron chi connectivity index (χ3n) is 4.18. The third-order valence-corrected chi connectivity index (χ3v) is 4.18. The Morgan fingerprint density at radius 2 is 2.05 bits per heavy atom. The summed E-state index contributed by atoms with van der Waals surface area (Å²) in [5, 5.41) is 19.9. The highest BCUT2D eigenvalue weighted by Gasteiger charge is 2.34. The maximum Gasteiger partial charge on any atom is 0.260 e. The zero-order chi connectivity index (χ0) is 15.3. The molecular formula is C16H16N4O2. The second-order valence-electron chi connectivity index (χ2n) is 5.52. The Balaban J connectivity index is 1.88. The minimum Gasteiger partial charge on any atom is -0.494 e. The van der Waals surface area contributed by atoms with E-state index in [4.69, 9.17) is 0 Å². The number of fused-ring (bicyclic) bond motifs is 3. The lowest BCUT2D eigenvalue weighted by atomic mass is 9.93. The van der Waals surface area contributed by atoms with Gasteiger partial charge in [0.05, 0.1) is 11.6 Å². The first-order valence-corrected chi connectivity index (χ1v) is 7.18. The number of carbonyl (C=O) groups excluding carboxylic acids is 1. The van der Waals surface area contributed by atoms with E-state index in [9.17, 15) is 9.90 Å². The van der Waals surface area contributed by atoms with E-state index in [-0.39, 0.29) is 29.2 Å². The SMILES string of the molecule is C=C1NC(=O)C(C2NCCc3c2[nH]c2ccccc32)=C(O)N1. The molecule has 112 valence electrons. The molecule has 0 bridgehead atoms. The molecule has 4 rings (SSSR count). The van der Waals surface area contributed by atoms with Crippen LogP contribution in [-0.4, -0.2) is 22.5 Å². The minimum absolute atomic E-state index is 0.155. The van der Waals surface area contributed by atoms with Gasteiger partial charge in [0, 0.05) is 23.1 Å². The molecule has 1 unspecified atom stereocenters. The van der Waals surface area contributed by atoms with Crippen LogP contribution >= 0.6 is 0 Å². The summed E-state index contributed by atoms with van der Waals surface area (Å²) in [4.78, 5) is 15.6. The van der Waals surface area contributed by atoms with E-state index >= 15 is 0 Å². The van der Waals surface area contributed by atoms with Gasteiger partial charge in [-0.1, -0.05) is 24.8 Å². The van der Waals surface area contributed by atoms with Crippen molar-refractivity contribution in [2.75, 3.05) is 6.54 Å². The van der Waals surface area contributed by atoms with Crippen molar-refractivity contribution < 1.29 is 9.90 Å². The fourth-order valence-electron chi connectivity index (χ4n) is 3.25. The van der Waals surface area contributed by atoms with Gasteiger partial charge in [-0.2, -0.15) is 0 Å². The minimum atomic E-state index is -0.378. The molecule has 1 aromatic heterocycles. The van der Waals surface area contributed by atoms with E-state index < -0.39 is 0 Å². The third kappa shape index (κ3) is 1.81. The predicted octanol–water partition coefficient (Wildman–Crippen LogP) is 1.31. The van der Waals surface area contributed by atoms with Crippen LogP contribution < -0.4 is 16.0 Å². The molecule has 3 heterocycles. The zero-order valence-electron chi connectivity index (χ0n) is 11.9. The maximum absolute atomic E-state index is 12.3. The van der Waals surface area contributed by atoms with Gasteiger partial charge in [0.1, 0.15) is 5.82 Å². The van der Waals surface area contributed by atoms with Crippen LogP contribution in [0.15, 0.2) is 48.1 Å². The molecule has 6 nitrogen and oxygen atoms in total. The fraction of sp³-hybridized carbons (Fsp3) is 0.188. The molecule has 2 aliphatic rings. The van der Waals surface area contributed by atoms with Crippen LogP contribution in [0.4, 0.5) is 0 Å². The average molecular weight is 296 g/mol. The molecule has 1 aromatic carbocycles. The Kier molecular flexibility index (Phi) is 2.74. The van der Waals surface area contributed by atoms with Crippen molar-refractivity contribution >= 4 is 16.8 Å². The number of benzene rings is 1. The number of hydrogen-bond acceptors (Lipinski definition) is 4. The average Bonchev–Trinajstić information content (AvgIpc) is 2.86. The molecule has 0 aliphatic carbocycles. The predicted molar refractivity (Wildman–Crippen MR) is 82.8 cm³/mol. The smallest absolute Gasteiger partial charge is 0.260 e. The van der Waals surface area contributed by atoms with E-state index in [1.807, 2.05) is 18.2 Å². The molecule has 1 amide bonds. The van der Waals surface area contributed by atoms with Gasteiger partial charge in [0.15, 0.2) is 0 Å². The van der Waals surface area contributed by atoms with Gasteiger partial charge in [0.2, 0.25) is 5.88 Å². The van der Waals surface area contributed by atoms with Crippen LogP contribution in [0.25, 0.3) is 10.9 Å². The van der Waals surface area contributed by atoms with Crippen molar-refractivity contribution in [1.29, 1.82) is 0 Å². The second-order valence-corrected chi connectivity index (χ2v) is 5.52. The van der Waals surface area contributed by atoms with Gasteiger partial charge >= 0.3 is 0 Å². The first kappa shape index (κ1) is 13.0. The summed E-state index contributed by atoms with van der Waals surface area (Å²) >= 11 is 0. The van der Waals surface area contributed by atoms with Gasteiger partial charge in [-0.25, -0.2) is 0 Å². The summed E-state index contributed by atoms with van der Waals surface area (Å²) in [6, 6.07) is 7.69. The molecule has 0 saturated carbocycles. The molecule has 0 spiro atoms. The van der Waals surface area contributed by atoms with Crippen LogP contribution in [0, 0.1) is 0 Å². The van der Waals surface area contributed by atoms with Crippen LogP contribution in [-0.2, 0) is 11.2 Å². The largest absolute Gasteiger partial charge is 0.494 e. The van der Waals surface area contributed by atoms with E-state index in [1.54, 1.807) is 0 Å². The Morgan fingerprint density at radius 3 is 2.86 bits per heavy atom. The number of aromatic nitrogens is 1. The van der Waals surface area contributed by atoms with Crippen LogP contribution in [0.2, 0.25) is 0 Å². The number of nitrogens with one attached hydrogen (secondary N) is 4. The number of rotatable bonds is 1. The van der Waals surface area contributed by atoms with Crippen LogP contribution in [0.3, 0.4) is 0 Å². The maximum atomic E-state index is 12.3. The lowest BCUT2D eigenvalue weighted by Gasteiger charge is -2.29. The number of aromatic amines is 1. The number of aliphatic hydroxyl groups excluding tert-OH is 1. The van der Waals surface area contributed by atoms with Crippen molar-refractivity contribution in [1.82, 2.24) is 20.9 Å². The first-order chi connectivity index (χ1) is 10.6. The molecule has 6 heteroatoms. The monoisotopic (exact) mass is 296 g/mol. The molecule has 22 heavy (non-hydrogen) atoms. The van der Waals surface area contributed by atoms with Crippen LogP contribution in [0.1, 0.15) is 17.3 Å². The summed E-state index contributed by atoms with van der Waals surface area (Å²) < 4.78 is 0. The summed E-state index contributed by atoms with van der Waals surface area (Å²) in [6.07, 6.45) is 0.881. The Bertz CT molecular complexity index is 834. The highest BCUT2D eigenvalue weighted by Crippen LogP contribution is 2.34. The second kappa shape index (κ2) is 4.64. The van der Waals surface area contributed by atoms with Crippen molar-refractivity contribution in [3.05, 3.63) is 59.4 Å². The Labute approximate surface area is 126 Å². The first-order valence-electron chi connectivity index (χ1n) is 7.18. The van der Waals surface area contributed by atoms with E-state index in [2.05, 4.69) is 33.6 Å². The van der Waals surface area contributed by atoms with Crippen molar-refractivity contribution in [3.63, 3.8) is 0 Å². The quantitative estimate of drug-likeness (QED) is 0.549. The van der Waals surface area contributed by atoms with E-state index in [1.165, 1.54) is 5.56 Å². The summed E-state index contributed by atoms with van der Waals surface area (Å²) in [5.74, 6) is -0.220. The molecule has 0 radical (unpaired) electrons. The summed E-state index contributed by atoms with van der Waals surface area (Å²) in [6.45, 7) is 4.35. The molecule has 0 fully saturated rings. The lowest BCUT2D eigenvalue weighted by Crippen LogP contribution is -2.44. The number of para-hydroxylation sites is 1. The Morgan fingerprint density at radius 1 is 1.23 bits per heavy atom. The van der Waals surface area contributed by atoms with E-state index in [0.29, 0.717) is 0 Å². The Hall–Kier alpha value is -2.73. The summed E-state index contributed by atoms with van der Waals surface area (Å²) in [5.41, 5.74) is 3.44. The lowest BCUT2D eigenvalue weighted by molar-refractivity contribution is -0.118. The standard InChI is InChI=1S/C16H16N4O2/c1-8-18-15(21)12(16(22)19-8)14-13-10(6-7-17-14)9-4-2-3-5-11(9)20-13/h2-5,14,17-18,20-21H,1,6-7H2,(H,19,22). The molecular weight excluding hydrogens is 280 g/mol. The normalized spacial score (nSPS) is 21.5. The van der Waals surface area contributed by atoms with Gasteiger partial charge in [-0.15, -0.1) is 0 Å². The zero-order valence-corrected chi connectivity index (χ0v) is 11.9. The highest BCUT2D eigenvalue weighted by molar-refractivity contribution is 5.98. The van der Waals surface area contributed by atoms with Crippen LogP contribution in [0.5, 0.6) is 0 Å². The fourth-order valence-corrected chi connectivity index (χ4v) is 3.25. The molecule has 1 atom stereocenters. The number of amides is 1.